The monoisotopic (exact) mass is 327 g/mol. The molecule has 0 atom stereocenters. The van der Waals surface area contributed by atoms with E-state index in [-0.39, 0.29) is 0 Å². The molecule has 22 heavy (non-hydrogen) atoms. The third-order valence-corrected chi connectivity index (χ3v) is 4.20. The fourth-order valence-corrected chi connectivity index (χ4v) is 2.85. The number of aromatic nitrogens is 1. The summed E-state index contributed by atoms with van der Waals surface area (Å²) in [6.07, 6.45) is 1.76. The SMILES string of the molecule is Clc1ccc(/C=N/NCc2csc(-c3ccccc3)n2)cc1. The van der Waals surface area contributed by atoms with E-state index in [1.54, 1.807) is 17.6 Å². The largest absolute Gasteiger partial charge is 0.304 e. The number of thiazole rings is 1. The molecule has 0 aliphatic rings. The average Bonchev–Trinajstić information content (AvgIpc) is 3.03. The molecule has 1 aromatic heterocycles. The molecule has 0 saturated carbocycles. The zero-order valence-electron chi connectivity index (χ0n) is 11.7. The first kappa shape index (κ1) is 14.8. The highest BCUT2D eigenvalue weighted by Crippen LogP contribution is 2.23. The Hall–Kier alpha value is -2.17. The van der Waals surface area contributed by atoms with Gasteiger partial charge in [-0.05, 0) is 17.7 Å². The molecular formula is C17H14ClN3S. The molecule has 0 unspecified atom stereocenters. The van der Waals surface area contributed by atoms with Gasteiger partial charge in [0.25, 0.3) is 0 Å². The summed E-state index contributed by atoms with van der Waals surface area (Å²) in [7, 11) is 0. The standard InChI is InChI=1S/C17H14ClN3S/c18-15-8-6-13(7-9-15)10-19-20-11-16-12-22-17(21-16)14-4-2-1-3-5-14/h1-10,12,20H,11H2/b19-10+. The van der Waals surface area contributed by atoms with Crippen molar-refractivity contribution < 1.29 is 0 Å². The lowest BCUT2D eigenvalue weighted by atomic mass is 10.2. The van der Waals surface area contributed by atoms with E-state index >= 15 is 0 Å². The molecule has 0 bridgehead atoms. The van der Waals surface area contributed by atoms with Crippen molar-refractivity contribution in [1.82, 2.24) is 10.4 Å². The van der Waals surface area contributed by atoms with Crippen LogP contribution in [0.4, 0.5) is 0 Å². The van der Waals surface area contributed by atoms with Gasteiger partial charge in [-0.15, -0.1) is 11.3 Å². The van der Waals surface area contributed by atoms with Crippen molar-refractivity contribution in [3.8, 4) is 10.6 Å². The molecule has 0 amide bonds. The first-order valence-corrected chi connectivity index (χ1v) is 8.08. The van der Waals surface area contributed by atoms with Gasteiger partial charge in [-0.1, -0.05) is 54.1 Å². The first-order chi connectivity index (χ1) is 10.8. The van der Waals surface area contributed by atoms with Crippen LogP contribution in [-0.2, 0) is 6.54 Å². The zero-order chi connectivity index (χ0) is 15.2. The zero-order valence-corrected chi connectivity index (χ0v) is 13.3. The highest BCUT2D eigenvalue weighted by atomic mass is 35.5. The maximum Gasteiger partial charge on any atom is 0.123 e. The van der Waals surface area contributed by atoms with Gasteiger partial charge in [-0.25, -0.2) is 4.98 Å². The summed E-state index contributed by atoms with van der Waals surface area (Å²) in [5.41, 5.74) is 6.14. The van der Waals surface area contributed by atoms with Crippen LogP contribution in [0.2, 0.25) is 5.02 Å². The van der Waals surface area contributed by atoms with Crippen molar-refractivity contribution in [3.63, 3.8) is 0 Å². The van der Waals surface area contributed by atoms with Crippen LogP contribution in [0.25, 0.3) is 10.6 Å². The van der Waals surface area contributed by atoms with Gasteiger partial charge >= 0.3 is 0 Å². The molecule has 2 aromatic carbocycles. The second-order valence-electron chi connectivity index (χ2n) is 4.65. The molecular weight excluding hydrogens is 314 g/mol. The van der Waals surface area contributed by atoms with E-state index in [9.17, 15) is 0 Å². The number of nitrogens with one attached hydrogen (secondary N) is 1. The van der Waals surface area contributed by atoms with Crippen LogP contribution in [-0.4, -0.2) is 11.2 Å². The molecule has 0 fully saturated rings. The molecule has 0 aliphatic heterocycles. The maximum atomic E-state index is 5.84. The summed E-state index contributed by atoms with van der Waals surface area (Å²) in [5.74, 6) is 0. The fourth-order valence-electron chi connectivity index (χ4n) is 1.90. The van der Waals surface area contributed by atoms with Gasteiger partial charge in [0.1, 0.15) is 5.01 Å². The van der Waals surface area contributed by atoms with Crippen molar-refractivity contribution in [2.75, 3.05) is 0 Å². The van der Waals surface area contributed by atoms with Gasteiger partial charge in [-0.2, -0.15) is 5.10 Å². The van der Waals surface area contributed by atoms with Gasteiger partial charge < -0.3 is 5.43 Å². The van der Waals surface area contributed by atoms with Crippen molar-refractivity contribution in [2.45, 2.75) is 6.54 Å². The number of nitrogens with zero attached hydrogens (tertiary/aromatic N) is 2. The van der Waals surface area contributed by atoms with E-state index in [4.69, 9.17) is 11.6 Å². The summed E-state index contributed by atoms with van der Waals surface area (Å²) in [5, 5.41) is 7.99. The van der Waals surface area contributed by atoms with Crippen LogP contribution in [0.5, 0.6) is 0 Å². The Bertz CT molecular complexity index is 751. The highest BCUT2D eigenvalue weighted by molar-refractivity contribution is 7.13. The Morgan fingerprint density at radius 3 is 2.64 bits per heavy atom. The molecule has 1 N–H and O–H groups in total. The smallest absolute Gasteiger partial charge is 0.123 e. The van der Waals surface area contributed by atoms with Crippen LogP contribution in [0, 0.1) is 0 Å². The third-order valence-electron chi connectivity index (χ3n) is 3.01. The molecule has 0 aliphatic carbocycles. The van der Waals surface area contributed by atoms with Crippen molar-refractivity contribution in [1.29, 1.82) is 0 Å². The minimum absolute atomic E-state index is 0.605. The molecule has 110 valence electrons. The second kappa shape index (κ2) is 7.20. The van der Waals surface area contributed by atoms with Crippen LogP contribution in [0.15, 0.2) is 65.1 Å². The van der Waals surface area contributed by atoms with Crippen LogP contribution in [0.3, 0.4) is 0 Å². The molecule has 1 heterocycles. The van der Waals surface area contributed by atoms with E-state index in [0.29, 0.717) is 6.54 Å². The molecule has 3 nitrogen and oxygen atoms in total. The summed E-state index contributed by atoms with van der Waals surface area (Å²) in [6, 6.07) is 17.7. The number of rotatable bonds is 5. The van der Waals surface area contributed by atoms with E-state index < -0.39 is 0 Å². The van der Waals surface area contributed by atoms with Gasteiger partial charge in [0.05, 0.1) is 18.5 Å². The molecule has 3 aromatic rings. The Balaban J connectivity index is 1.56. The Morgan fingerprint density at radius 2 is 1.86 bits per heavy atom. The van der Waals surface area contributed by atoms with Crippen molar-refractivity contribution in [2.24, 2.45) is 5.10 Å². The van der Waals surface area contributed by atoms with E-state index in [1.807, 2.05) is 47.8 Å². The minimum atomic E-state index is 0.605. The second-order valence-corrected chi connectivity index (χ2v) is 5.95. The summed E-state index contributed by atoms with van der Waals surface area (Å²) < 4.78 is 0. The lowest BCUT2D eigenvalue weighted by Gasteiger charge is -1.97. The molecule has 3 rings (SSSR count). The Labute approximate surface area is 138 Å². The van der Waals surface area contributed by atoms with E-state index in [0.717, 1.165) is 26.9 Å². The average molecular weight is 328 g/mol. The van der Waals surface area contributed by atoms with E-state index in [2.05, 4.69) is 27.6 Å². The predicted octanol–water partition coefficient (Wildman–Crippen LogP) is 4.59. The lowest BCUT2D eigenvalue weighted by Crippen LogP contribution is -2.05. The minimum Gasteiger partial charge on any atom is -0.304 e. The van der Waals surface area contributed by atoms with Gasteiger partial charge in [-0.3, -0.25) is 0 Å². The van der Waals surface area contributed by atoms with Crippen molar-refractivity contribution >= 4 is 29.2 Å². The highest BCUT2D eigenvalue weighted by Gasteiger charge is 2.03. The van der Waals surface area contributed by atoms with Gasteiger partial charge in [0, 0.05) is 16.0 Å². The predicted molar refractivity (Wildman–Crippen MR) is 93.4 cm³/mol. The molecule has 0 saturated heterocycles. The van der Waals surface area contributed by atoms with Crippen molar-refractivity contribution in [3.05, 3.63) is 76.3 Å². The maximum absolute atomic E-state index is 5.84. The normalized spacial score (nSPS) is 11.0. The Morgan fingerprint density at radius 1 is 1.09 bits per heavy atom. The van der Waals surface area contributed by atoms with E-state index in [1.165, 1.54) is 0 Å². The number of hydrazone groups is 1. The first-order valence-electron chi connectivity index (χ1n) is 6.82. The third kappa shape index (κ3) is 3.93. The number of hydrogen-bond donors (Lipinski definition) is 1. The number of halogens is 1. The molecule has 5 heteroatoms. The topological polar surface area (TPSA) is 37.3 Å². The number of benzene rings is 2. The van der Waals surface area contributed by atoms with Gasteiger partial charge in [0.2, 0.25) is 0 Å². The quantitative estimate of drug-likeness (QED) is 0.550. The molecule has 0 radical (unpaired) electrons. The van der Waals surface area contributed by atoms with Gasteiger partial charge in [0.15, 0.2) is 0 Å². The number of hydrogen-bond acceptors (Lipinski definition) is 4. The van der Waals surface area contributed by atoms with Crippen LogP contribution in [0.1, 0.15) is 11.3 Å². The Kier molecular flexibility index (Phi) is 4.83. The fraction of sp³-hybridized carbons (Fsp3) is 0.0588. The summed E-state index contributed by atoms with van der Waals surface area (Å²) in [6.45, 7) is 0.605. The molecule has 0 spiro atoms. The lowest BCUT2D eigenvalue weighted by molar-refractivity contribution is 0.734. The van der Waals surface area contributed by atoms with Crippen LogP contribution < -0.4 is 5.43 Å². The van der Waals surface area contributed by atoms with Crippen LogP contribution >= 0.6 is 22.9 Å². The summed E-state index contributed by atoms with van der Waals surface area (Å²) >= 11 is 7.48. The summed E-state index contributed by atoms with van der Waals surface area (Å²) in [4.78, 5) is 4.60.